The summed E-state index contributed by atoms with van der Waals surface area (Å²) in [7, 11) is 0. The summed E-state index contributed by atoms with van der Waals surface area (Å²) < 4.78 is 14.9. The van der Waals surface area contributed by atoms with Gasteiger partial charge >= 0.3 is 5.69 Å². The Bertz CT molecular complexity index is 721. The highest BCUT2D eigenvalue weighted by atomic mass is 35.5. The van der Waals surface area contributed by atoms with Crippen LogP contribution in [-0.2, 0) is 13.0 Å². The number of aromatic nitrogens is 2. The Hall–Kier alpha value is -1.88. The Balaban J connectivity index is 2.43. The molecule has 100 valence electrons. The van der Waals surface area contributed by atoms with Crippen molar-refractivity contribution in [2.24, 2.45) is 0 Å². The minimum atomic E-state index is -0.559. The van der Waals surface area contributed by atoms with Crippen LogP contribution in [0.4, 0.5) is 4.39 Å². The van der Waals surface area contributed by atoms with Gasteiger partial charge in [0.05, 0.1) is 6.54 Å². The summed E-state index contributed by atoms with van der Waals surface area (Å²) in [6.45, 7) is 1.86. The van der Waals surface area contributed by atoms with Crippen LogP contribution in [-0.4, -0.2) is 9.55 Å². The molecule has 2 rings (SSSR count). The van der Waals surface area contributed by atoms with Crippen molar-refractivity contribution >= 4 is 11.6 Å². The van der Waals surface area contributed by atoms with E-state index in [9.17, 15) is 14.0 Å². The monoisotopic (exact) mass is 282 g/mol. The number of nitrogens with zero attached hydrogens (tertiary/aromatic N) is 1. The lowest BCUT2D eigenvalue weighted by Gasteiger charge is -2.08. The number of hydrogen-bond acceptors (Lipinski definition) is 2. The van der Waals surface area contributed by atoms with Crippen LogP contribution in [0.25, 0.3) is 0 Å². The van der Waals surface area contributed by atoms with Gasteiger partial charge in [-0.15, -0.1) is 0 Å². The third-order valence-electron chi connectivity index (χ3n) is 2.82. The first kappa shape index (κ1) is 13.5. The summed E-state index contributed by atoms with van der Waals surface area (Å²) >= 11 is 5.66. The molecule has 1 heterocycles. The van der Waals surface area contributed by atoms with Crippen LogP contribution in [0.2, 0.25) is 5.02 Å². The van der Waals surface area contributed by atoms with E-state index in [1.165, 1.54) is 22.9 Å². The van der Waals surface area contributed by atoms with E-state index in [1.54, 1.807) is 6.07 Å². The highest BCUT2D eigenvalue weighted by molar-refractivity contribution is 6.30. The first-order chi connectivity index (χ1) is 9.01. The number of benzene rings is 1. The van der Waals surface area contributed by atoms with Gasteiger partial charge < -0.3 is 0 Å². The van der Waals surface area contributed by atoms with Crippen LogP contribution >= 0.6 is 11.6 Å². The molecular weight excluding hydrogens is 271 g/mol. The van der Waals surface area contributed by atoms with Crippen molar-refractivity contribution in [2.75, 3.05) is 0 Å². The van der Waals surface area contributed by atoms with Crippen LogP contribution in [0.15, 0.2) is 34.0 Å². The van der Waals surface area contributed by atoms with E-state index in [4.69, 9.17) is 11.6 Å². The third kappa shape index (κ3) is 2.93. The summed E-state index contributed by atoms with van der Waals surface area (Å²) in [6.07, 6.45) is 1.95. The van der Waals surface area contributed by atoms with Gasteiger partial charge in [-0.3, -0.25) is 14.3 Å². The quantitative estimate of drug-likeness (QED) is 0.935. The molecule has 0 amide bonds. The molecular formula is C13H12ClFN2O2. The van der Waals surface area contributed by atoms with Gasteiger partial charge in [-0.1, -0.05) is 24.6 Å². The van der Waals surface area contributed by atoms with Crippen LogP contribution < -0.4 is 11.2 Å². The van der Waals surface area contributed by atoms with Crippen molar-refractivity contribution in [2.45, 2.75) is 19.9 Å². The molecule has 0 radical (unpaired) electrons. The minimum Gasteiger partial charge on any atom is -0.296 e. The molecule has 2 aromatic rings. The molecule has 0 atom stereocenters. The normalized spacial score (nSPS) is 10.7. The second-order valence-electron chi connectivity index (χ2n) is 4.13. The molecule has 0 spiro atoms. The van der Waals surface area contributed by atoms with Crippen molar-refractivity contribution in [3.8, 4) is 0 Å². The van der Waals surface area contributed by atoms with Gasteiger partial charge in [-0.25, -0.2) is 9.18 Å². The van der Waals surface area contributed by atoms with Crippen LogP contribution in [0.3, 0.4) is 0 Å². The summed E-state index contributed by atoms with van der Waals surface area (Å²) in [4.78, 5) is 25.3. The van der Waals surface area contributed by atoms with Crippen molar-refractivity contribution in [3.05, 3.63) is 67.2 Å². The summed E-state index contributed by atoms with van der Waals surface area (Å²) in [5, 5.41) is 0.296. The van der Waals surface area contributed by atoms with Crippen LogP contribution in [0.5, 0.6) is 0 Å². The van der Waals surface area contributed by atoms with Crippen LogP contribution in [0.1, 0.15) is 18.1 Å². The van der Waals surface area contributed by atoms with Gasteiger partial charge in [0.1, 0.15) is 5.82 Å². The van der Waals surface area contributed by atoms with E-state index in [1.807, 2.05) is 6.92 Å². The summed E-state index contributed by atoms with van der Waals surface area (Å²) in [5.74, 6) is -0.483. The van der Waals surface area contributed by atoms with Crippen molar-refractivity contribution < 1.29 is 4.39 Å². The molecule has 0 aliphatic rings. The Morgan fingerprint density at radius 1 is 1.32 bits per heavy atom. The first-order valence-electron chi connectivity index (χ1n) is 5.78. The molecule has 0 bridgehead atoms. The maximum Gasteiger partial charge on any atom is 0.328 e. The molecule has 0 fully saturated rings. The number of rotatable bonds is 3. The highest BCUT2D eigenvalue weighted by Crippen LogP contribution is 2.15. The standard InChI is InChI=1S/C13H12ClFN2O2/c1-2-8-6-17(13(19)16-12(8)18)7-9-3-4-10(14)5-11(9)15/h3-6H,2,7H2,1H3,(H,16,18,19). The van der Waals surface area contributed by atoms with Crippen LogP contribution in [0, 0.1) is 5.82 Å². The molecule has 0 aliphatic heterocycles. The SMILES string of the molecule is CCc1cn(Cc2ccc(Cl)cc2F)c(=O)[nH]c1=O. The Labute approximate surface area is 113 Å². The second-order valence-corrected chi connectivity index (χ2v) is 4.57. The van der Waals surface area contributed by atoms with Gasteiger partial charge in [0.15, 0.2) is 0 Å². The minimum absolute atomic E-state index is 0.0472. The molecule has 6 heteroatoms. The molecule has 1 N–H and O–H groups in total. The van der Waals surface area contributed by atoms with Gasteiger partial charge in [0.2, 0.25) is 0 Å². The van der Waals surface area contributed by atoms with E-state index in [-0.39, 0.29) is 6.54 Å². The van der Waals surface area contributed by atoms with E-state index in [0.717, 1.165) is 0 Å². The first-order valence-corrected chi connectivity index (χ1v) is 6.15. The van der Waals surface area contributed by atoms with Gasteiger partial charge in [0.25, 0.3) is 5.56 Å². The fraction of sp³-hybridized carbons (Fsp3) is 0.231. The summed E-state index contributed by atoms with van der Waals surface area (Å²) in [6, 6.07) is 4.26. The average molecular weight is 283 g/mol. The highest BCUT2D eigenvalue weighted by Gasteiger charge is 2.07. The molecule has 0 saturated heterocycles. The summed E-state index contributed by atoms with van der Waals surface area (Å²) in [5.41, 5.74) is -0.147. The molecule has 0 aliphatic carbocycles. The number of H-pyrrole nitrogens is 1. The molecule has 4 nitrogen and oxygen atoms in total. The predicted molar refractivity (Wildman–Crippen MR) is 71.2 cm³/mol. The predicted octanol–water partition coefficient (Wildman–Crippen LogP) is 1.94. The fourth-order valence-electron chi connectivity index (χ4n) is 1.76. The number of hydrogen-bond donors (Lipinski definition) is 1. The zero-order valence-corrected chi connectivity index (χ0v) is 11.0. The largest absolute Gasteiger partial charge is 0.328 e. The van der Waals surface area contributed by atoms with E-state index >= 15 is 0 Å². The maximum absolute atomic E-state index is 13.7. The van der Waals surface area contributed by atoms with E-state index in [0.29, 0.717) is 22.6 Å². The number of halogens is 2. The molecule has 0 unspecified atom stereocenters. The molecule has 1 aromatic heterocycles. The zero-order valence-electron chi connectivity index (χ0n) is 10.2. The van der Waals surface area contributed by atoms with Crippen molar-refractivity contribution in [1.82, 2.24) is 9.55 Å². The number of aromatic amines is 1. The lowest BCUT2D eigenvalue weighted by atomic mass is 10.2. The zero-order chi connectivity index (χ0) is 14.0. The lowest BCUT2D eigenvalue weighted by molar-refractivity contribution is 0.591. The van der Waals surface area contributed by atoms with Gasteiger partial charge in [-0.05, 0) is 18.6 Å². The topological polar surface area (TPSA) is 54.9 Å². The fourth-order valence-corrected chi connectivity index (χ4v) is 1.92. The second kappa shape index (κ2) is 5.40. The van der Waals surface area contributed by atoms with Gasteiger partial charge in [0, 0.05) is 22.3 Å². The van der Waals surface area contributed by atoms with Crippen molar-refractivity contribution in [3.63, 3.8) is 0 Å². The Morgan fingerprint density at radius 3 is 2.68 bits per heavy atom. The molecule has 1 aromatic carbocycles. The molecule has 0 saturated carbocycles. The Kier molecular flexibility index (Phi) is 3.85. The Morgan fingerprint density at radius 2 is 2.05 bits per heavy atom. The number of aryl methyl sites for hydroxylation is 1. The van der Waals surface area contributed by atoms with Gasteiger partial charge in [-0.2, -0.15) is 0 Å². The smallest absolute Gasteiger partial charge is 0.296 e. The number of nitrogens with one attached hydrogen (secondary N) is 1. The average Bonchev–Trinajstić information content (AvgIpc) is 2.35. The lowest BCUT2D eigenvalue weighted by Crippen LogP contribution is -2.32. The third-order valence-corrected chi connectivity index (χ3v) is 3.06. The maximum atomic E-state index is 13.7. The van der Waals surface area contributed by atoms with Crippen molar-refractivity contribution in [1.29, 1.82) is 0 Å². The van der Waals surface area contributed by atoms with E-state index < -0.39 is 17.1 Å². The molecule has 19 heavy (non-hydrogen) atoms. The van der Waals surface area contributed by atoms with E-state index in [2.05, 4.69) is 4.98 Å².